The second kappa shape index (κ2) is 7.58. The lowest BCUT2D eigenvalue weighted by molar-refractivity contribution is -0.393. The van der Waals surface area contributed by atoms with E-state index in [2.05, 4.69) is 10.5 Å². The molecule has 9 nitrogen and oxygen atoms in total. The number of hydrogen-bond donors (Lipinski definition) is 1. The van der Waals surface area contributed by atoms with E-state index >= 15 is 0 Å². The largest absolute Gasteiger partial charge is 0.496 e. The summed E-state index contributed by atoms with van der Waals surface area (Å²) in [5.74, 6) is 0.533. The number of anilines is 1. The normalized spacial score (nSPS) is 11.1. The van der Waals surface area contributed by atoms with Crippen molar-refractivity contribution in [1.29, 1.82) is 0 Å². The molecule has 0 aliphatic carbocycles. The first-order chi connectivity index (χ1) is 11.8. The van der Waals surface area contributed by atoms with Crippen molar-refractivity contribution in [3.63, 3.8) is 0 Å². The summed E-state index contributed by atoms with van der Waals surface area (Å²) >= 11 is 5.96. The van der Waals surface area contributed by atoms with Crippen LogP contribution in [-0.4, -0.2) is 22.7 Å². The molecule has 0 aliphatic heterocycles. The maximum atomic E-state index is 11.1. The molecule has 2 aromatic carbocycles. The van der Waals surface area contributed by atoms with Gasteiger partial charge in [0.05, 0.1) is 28.7 Å². The lowest BCUT2D eigenvalue weighted by Crippen LogP contribution is -2.04. The summed E-state index contributed by atoms with van der Waals surface area (Å²) in [7, 11) is 1.49. The van der Waals surface area contributed by atoms with Gasteiger partial charge in [0, 0.05) is 16.7 Å². The molecule has 25 heavy (non-hydrogen) atoms. The third kappa shape index (κ3) is 4.21. The molecule has 2 aromatic rings. The zero-order valence-electron chi connectivity index (χ0n) is 13.2. The van der Waals surface area contributed by atoms with E-state index in [0.717, 1.165) is 12.1 Å². The SMILES string of the molecule is COc1ccc(Cl)cc1C(C)=NNc1ccc([N+](=O)[O-])cc1[N+](=O)[O-]. The van der Waals surface area contributed by atoms with E-state index in [1.807, 2.05) is 0 Å². The maximum Gasteiger partial charge on any atom is 0.301 e. The van der Waals surface area contributed by atoms with Gasteiger partial charge in [-0.05, 0) is 31.2 Å². The first-order valence-electron chi connectivity index (χ1n) is 6.90. The van der Waals surface area contributed by atoms with Crippen LogP contribution < -0.4 is 10.2 Å². The Kier molecular flexibility index (Phi) is 5.50. The predicted octanol–water partition coefficient (Wildman–Crippen LogP) is 4.00. The molecule has 0 fully saturated rings. The number of nitro groups is 2. The van der Waals surface area contributed by atoms with E-state index in [4.69, 9.17) is 16.3 Å². The second-order valence-corrected chi connectivity index (χ2v) is 5.31. The summed E-state index contributed by atoms with van der Waals surface area (Å²) in [4.78, 5) is 20.4. The Hall–Kier alpha value is -3.20. The van der Waals surface area contributed by atoms with Crippen molar-refractivity contribution in [3.8, 4) is 5.75 Å². The molecule has 0 amide bonds. The fourth-order valence-electron chi connectivity index (χ4n) is 2.05. The van der Waals surface area contributed by atoms with Gasteiger partial charge in [0.1, 0.15) is 11.4 Å². The van der Waals surface area contributed by atoms with Crippen LogP contribution in [0.3, 0.4) is 0 Å². The van der Waals surface area contributed by atoms with E-state index in [9.17, 15) is 20.2 Å². The van der Waals surface area contributed by atoms with E-state index < -0.39 is 15.5 Å². The lowest BCUT2D eigenvalue weighted by atomic mass is 10.1. The van der Waals surface area contributed by atoms with Crippen molar-refractivity contribution in [2.75, 3.05) is 12.5 Å². The zero-order valence-corrected chi connectivity index (χ0v) is 14.0. The summed E-state index contributed by atoms with van der Waals surface area (Å²) in [5.41, 5.74) is 2.81. The van der Waals surface area contributed by atoms with Gasteiger partial charge in [0.15, 0.2) is 0 Å². The van der Waals surface area contributed by atoms with Gasteiger partial charge in [-0.2, -0.15) is 5.10 Å². The molecule has 0 aromatic heterocycles. The Morgan fingerprint density at radius 1 is 1.16 bits per heavy atom. The molecule has 130 valence electrons. The summed E-state index contributed by atoms with van der Waals surface area (Å²) in [5, 5.41) is 26.4. The molecule has 2 rings (SSSR count). The number of rotatable bonds is 6. The van der Waals surface area contributed by atoms with Crippen molar-refractivity contribution >= 4 is 34.4 Å². The number of benzene rings is 2. The van der Waals surface area contributed by atoms with Gasteiger partial charge in [-0.3, -0.25) is 25.7 Å². The fraction of sp³-hybridized carbons (Fsp3) is 0.133. The minimum absolute atomic E-state index is 0.0240. The molecule has 0 bridgehead atoms. The first kappa shape index (κ1) is 18.1. The van der Waals surface area contributed by atoms with Gasteiger partial charge in [0.25, 0.3) is 5.69 Å². The summed E-state index contributed by atoms with van der Waals surface area (Å²) in [6.07, 6.45) is 0. The Morgan fingerprint density at radius 2 is 1.88 bits per heavy atom. The van der Waals surface area contributed by atoms with E-state index in [1.54, 1.807) is 25.1 Å². The number of nitro benzene ring substituents is 2. The Balaban J connectivity index is 2.37. The summed E-state index contributed by atoms with van der Waals surface area (Å²) in [6.45, 7) is 1.67. The number of hydrogen-bond acceptors (Lipinski definition) is 7. The molecule has 0 saturated heterocycles. The van der Waals surface area contributed by atoms with Gasteiger partial charge < -0.3 is 4.74 Å². The maximum absolute atomic E-state index is 11.1. The van der Waals surface area contributed by atoms with E-state index in [0.29, 0.717) is 22.0 Å². The molecule has 0 heterocycles. The Morgan fingerprint density at radius 3 is 2.48 bits per heavy atom. The minimum Gasteiger partial charge on any atom is -0.496 e. The van der Waals surface area contributed by atoms with Crippen LogP contribution in [0.4, 0.5) is 17.1 Å². The van der Waals surface area contributed by atoms with Crippen LogP contribution >= 0.6 is 11.6 Å². The average Bonchev–Trinajstić information content (AvgIpc) is 2.59. The molecule has 0 radical (unpaired) electrons. The highest BCUT2D eigenvalue weighted by Gasteiger charge is 2.19. The molecular formula is C15H13ClN4O5. The number of nitrogens with zero attached hydrogens (tertiary/aromatic N) is 3. The second-order valence-electron chi connectivity index (χ2n) is 4.87. The fourth-order valence-corrected chi connectivity index (χ4v) is 2.22. The highest BCUT2D eigenvalue weighted by atomic mass is 35.5. The van der Waals surface area contributed by atoms with Crippen molar-refractivity contribution in [2.24, 2.45) is 5.10 Å². The van der Waals surface area contributed by atoms with Crippen LogP contribution in [-0.2, 0) is 0 Å². The number of nitrogens with one attached hydrogen (secondary N) is 1. The number of ether oxygens (including phenoxy) is 1. The van der Waals surface area contributed by atoms with Gasteiger partial charge in [0.2, 0.25) is 0 Å². The van der Waals surface area contributed by atoms with Crippen molar-refractivity contribution < 1.29 is 14.6 Å². The predicted molar refractivity (Wildman–Crippen MR) is 93.6 cm³/mol. The number of non-ortho nitro benzene ring substituents is 1. The third-order valence-electron chi connectivity index (χ3n) is 3.28. The number of methoxy groups -OCH3 is 1. The molecule has 1 N–H and O–H groups in total. The van der Waals surface area contributed by atoms with Crippen molar-refractivity contribution in [3.05, 3.63) is 67.2 Å². The molecular weight excluding hydrogens is 352 g/mol. The third-order valence-corrected chi connectivity index (χ3v) is 3.52. The van der Waals surface area contributed by atoms with Crippen LogP contribution in [0.2, 0.25) is 5.02 Å². The molecule has 0 spiro atoms. The van der Waals surface area contributed by atoms with Crippen molar-refractivity contribution in [2.45, 2.75) is 6.92 Å². The summed E-state index contributed by atoms with van der Waals surface area (Å²) < 4.78 is 5.23. The topological polar surface area (TPSA) is 120 Å². The van der Waals surface area contributed by atoms with Crippen LogP contribution in [0.5, 0.6) is 5.75 Å². The van der Waals surface area contributed by atoms with Gasteiger partial charge in [-0.15, -0.1) is 0 Å². The average molecular weight is 365 g/mol. The smallest absolute Gasteiger partial charge is 0.301 e. The quantitative estimate of drug-likeness (QED) is 0.470. The number of hydrazone groups is 1. The van der Waals surface area contributed by atoms with Crippen molar-refractivity contribution in [1.82, 2.24) is 0 Å². The first-order valence-corrected chi connectivity index (χ1v) is 7.28. The van der Waals surface area contributed by atoms with Gasteiger partial charge >= 0.3 is 5.69 Å². The zero-order chi connectivity index (χ0) is 18.6. The highest BCUT2D eigenvalue weighted by molar-refractivity contribution is 6.31. The summed E-state index contributed by atoms with van der Waals surface area (Å²) in [6, 6.07) is 8.22. The minimum atomic E-state index is -0.722. The monoisotopic (exact) mass is 364 g/mol. The van der Waals surface area contributed by atoms with E-state index in [1.165, 1.54) is 13.2 Å². The Bertz CT molecular complexity index is 869. The van der Waals surface area contributed by atoms with Crippen LogP contribution in [0.15, 0.2) is 41.5 Å². The van der Waals surface area contributed by atoms with Gasteiger partial charge in [-0.25, -0.2) is 0 Å². The molecule has 0 unspecified atom stereocenters. The molecule has 0 saturated carbocycles. The Labute approximate surface area is 147 Å². The van der Waals surface area contributed by atoms with Crippen LogP contribution in [0.1, 0.15) is 12.5 Å². The highest BCUT2D eigenvalue weighted by Crippen LogP contribution is 2.29. The molecule has 10 heteroatoms. The van der Waals surface area contributed by atoms with Crippen LogP contribution in [0.25, 0.3) is 0 Å². The molecule has 0 aliphatic rings. The standard InChI is InChI=1S/C15H13ClN4O5/c1-9(12-7-10(16)3-6-15(12)25-2)17-18-13-5-4-11(19(21)22)8-14(13)20(23)24/h3-8,18H,1-2H3. The lowest BCUT2D eigenvalue weighted by Gasteiger charge is -2.09. The van der Waals surface area contributed by atoms with Gasteiger partial charge in [-0.1, -0.05) is 11.6 Å². The molecule has 0 atom stereocenters. The number of halogens is 1. The van der Waals surface area contributed by atoms with E-state index in [-0.39, 0.29) is 11.4 Å². The van der Waals surface area contributed by atoms with Crippen LogP contribution in [0, 0.1) is 20.2 Å².